The van der Waals surface area contributed by atoms with Gasteiger partial charge in [-0.05, 0) is 66.7 Å². The Labute approximate surface area is 242 Å². The molecule has 4 aromatic carbocycles. The van der Waals surface area contributed by atoms with Gasteiger partial charge in [0, 0.05) is 41.1 Å². The minimum atomic E-state index is 0.630. The van der Waals surface area contributed by atoms with Crippen LogP contribution in [0.1, 0.15) is 0 Å². The predicted molar refractivity (Wildman–Crippen MR) is 166 cm³/mol. The van der Waals surface area contributed by atoms with Gasteiger partial charge in [-0.25, -0.2) is 9.97 Å². The van der Waals surface area contributed by atoms with Crippen molar-refractivity contribution in [2.45, 2.75) is 0 Å². The zero-order valence-electron chi connectivity index (χ0n) is 22.3. The minimum absolute atomic E-state index is 0.630. The second-order valence-corrected chi connectivity index (χ2v) is 9.95. The van der Waals surface area contributed by atoms with Crippen molar-refractivity contribution < 1.29 is 9.47 Å². The molecule has 3 N–H and O–H groups in total. The number of para-hydroxylation sites is 2. The van der Waals surface area contributed by atoms with Crippen molar-refractivity contribution in [3.05, 3.63) is 128 Å². The lowest BCUT2D eigenvalue weighted by molar-refractivity contribution is 0.474. The Morgan fingerprint density at radius 1 is 0.548 bits per heavy atom. The number of ether oxygens (including phenoxy) is 2. The van der Waals surface area contributed by atoms with Crippen molar-refractivity contribution in [1.82, 2.24) is 9.97 Å². The fourth-order valence-corrected chi connectivity index (χ4v) is 5.34. The number of nitrogens with two attached hydrogens (primary N) is 1. The highest BCUT2D eigenvalue weighted by Crippen LogP contribution is 2.52. The molecule has 8 nitrogen and oxygen atoms in total. The third kappa shape index (κ3) is 4.01. The molecule has 6 aromatic rings. The molecule has 8 rings (SSSR count). The summed E-state index contributed by atoms with van der Waals surface area (Å²) in [4.78, 5) is 13.6. The number of pyridine rings is 2. The summed E-state index contributed by atoms with van der Waals surface area (Å²) in [6.45, 7) is 0. The maximum absolute atomic E-state index is 6.32. The first-order valence-corrected chi connectivity index (χ1v) is 13.5. The van der Waals surface area contributed by atoms with Crippen molar-refractivity contribution in [1.29, 1.82) is 0 Å². The molecule has 0 amide bonds. The molecule has 0 atom stereocenters. The quantitative estimate of drug-likeness (QED) is 0.211. The van der Waals surface area contributed by atoms with Crippen LogP contribution in [-0.2, 0) is 0 Å². The van der Waals surface area contributed by atoms with E-state index in [0.29, 0.717) is 34.5 Å². The lowest BCUT2D eigenvalue weighted by atomic mass is 10.1. The summed E-state index contributed by atoms with van der Waals surface area (Å²) in [6.07, 6.45) is 3.57. The zero-order chi connectivity index (χ0) is 28.0. The highest BCUT2D eigenvalue weighted by molar-refractivity contribution is 5.88. The Morgan fingerprint density at radius 3 is 2.02 bits per heavy atom. The summed E-state index contributed by atoms with van der Waals surface area (Å²) in [6, 6.07) is 37.6. The van der Waals surface area contributed by atoms with E-state index in [1.807, 2.05) is 103 Å². The number of anilines is 9. The van der Waals surface area contributed by atoms with E-state index >= 15 is 0 Å². The second-order valence-electron chi connectivity index (χ2n) is 9.95. The van der Waals surface area contributed by atoms with Gasteiger partial charge in [-0.3, -0.25) is 9.80 Å². The maximum atomic E-state index is 6.32. The van der Waals surface area contributed by atoms with Gasteiger partial charge in [-0.2, -0.15) is 0 Å². The summed E-state index contributed by atoms with van der Waals surface area (Å²) < 4.78 is 12.6. The molecule has 0 aliphatic carbocycles. The van der Waals surface area contributed by atoms with Gasteiger partial charge in [0.15, 0.2) is 34.6 Å². The number of hydrogen-bond acceptors (Lipinski definition) is 8. The van der Waals surface area contributed by atoms with Gasteiger partial charge in [0.1, 0.15) is 0 Å². The smallest absolute Gasteiger partial charge is 0.181 e. The van der Waals surface area contributed by atoms with Crippen LogP contribution in [0.15, 0.2) is 128 Å². The van der Waals surface area contributed by atoms with Gasteiger partial charge in [-0.1, -0.05) is 36.4 Å². The van der Waals surface area contributed by atoms with Crippen LogP contribution in [0.2, 0.25) is 0 Å². The second kappa shape index (κ2) is 9.57. The Morgan fingerprint density at radius 2 is 1.24 bits per heavy atom. The van der Waals surface area contributed by atoms with E-state index in [9.17, 15) is 0 Å². The van der Waals surface area contributed by atoms with E-state index < -0.39 is 0 Å². The molecule has 0 fully saturated rings. The molecule has 0 saturated carbocycles. The highest BCUT2D eigenvalue weighted by atomic mass is 16.5. The molecular formula is C34H24N6O2. The van der Waals surface area contributed by atoms with Crippen LogP contribution < -0.4 is 30.3 Å². The van der Waals surface area contributed by atoms with Gasteiger partial charge in [0.2, 0.25) is 0 Å². The normalized spacial score (nSPS) is 12.7. The molecule has 4 heterocycles. The molecule has 0 unspecified atom stereocenters. The summed E-state index contributed by atoms with van der Waals surface area (Å²) >= 11 is 0. The number of nitrogen functional groups attached to an aromatic ring is 1. The molecule has 2 aromatic heterocycles. The first-order valence-electron chi connectivity index (χ1n) is 13.5. The van der Waals surface area contributed by atoms with E-state index in [4.69, 9.17) is 20.2 Å². The van der Waals surface area contributed by atoms with Crippen LogP contribution in [0.25, 0.3) is 0 Å². The fraction of sp³-hybridized carbons (Fsp3) is 0. The van der Waals surface area contributed by atoms with Crippen molar-refractivity contribution in [2.75, 3.05) is 20.9 Å². The van der Waals surface area contributed by atoms with Crippen molar-refractivity contribution in [3.8, 4) is 23.0 Å². The number of hydrogen-bond donors (Lipinski definition) is 2. The SMILES string of the molecule is Nc1ccc2c(c1)N(c1ccccc1)c1ncc(Nc3ccc4c(c3)Oc3cccnc3N4c3ccccc3)cc1O2. The van der Waals surface area contributed by atoms with Gasteiger partial charge in [0.25, 0.3) is 0 Å². The molecule has 202 valence electrons. The molecule has 0 spiro atoms. The lowest BCUT2D eigenvalue weighted by Gasteiger charge is -2.32. The Kier molecular flexibility index (Phi) is 5.43. The third-order valence-corrected chi connectivity index (χ3v) is 7.19. The summed E-state index contributed by atoms with van der Waals surface area (Å²) in [5.41, 5.74) is 12.1. The molecule has 0 saturated heterocycles. The zero-order valence-corrected chi connectivity index (χ0v) is 22.3. The average Bonchev–Trinajstić information content (AvgIpc) is 3.03. The lowest BCUT2D eigenvalue weighted by Crippen LogP contribution is -2.17. The molecule has 0 bridgehead atoms. The Balaban J connectivity index is 1.15. The van der Waals surface area contributed by atoms with Crippen LogP contribution in [-0.4, -0.2) is 9.97 Å². The Hall–Kier alpha value is -6.02. The van der Waals surface area contributed by atoms with Crippen molar-refractivity contribution in [3.63, 3.8) is 0 Å². The first kappa shape index (κ1) is 23.8. The maximum Gasteiger partial charge on any atom is 0.181 e. The largest absolute Gasteiger partial charge is 0.451 e. The van der Waals surface area contributed by atoms with Crippen LogP contribution >= 0.6 is 0 Å². The first-order chi connectivity index (χ1) is 20.7. The average molecular weight is 549 g/mol. The number of benzene rings is 4. The van der Waals surface area contributed by atoms with E-state index in [1.165, 1.54) is 0 Å². The van der Waals surface area contributed by atoms with Crippen LogP contribution in [0.3, 0.4) is 0 Å². The van der Waals surface area contributed by atoms with Crippen molar-refractivity contribution >= 4 is 51.4 Å². The molecule has 2 aliphatic heterocycles. The van der Waals surface area contributed by atoms with Crippen LogP contribution in [0.5, 0.6) is 23.0 Å². The molecule has 2 aliphatic rings. The van der Waals surface area contributed by atoms with Gasteiger partial charge >= 0.3 is 0 Å². The van der Waals surface area contributed by atoms with Crippen molar-refractivity contribution in [2.24, 2.45) is 0 Å². The van der Waals surface area contributed by atoms with Crippen LogP contribution in [0.4, 0.5) is 51.4 Å². The predicted octanol–water partition coefficient (Wildman–Crippen LogP) is 8.95. The van der Waals surface area contributed by atoms with Gasteiger partial charge in [0.05, 0.1) is 23.3 Å². The molecule has 0 radical (unpaired) electrons. The van der Waals surface area contributed by atoms with Crippen LogP contribution in [0, 0.1) is 0 Å². The summed E-state index contributed by atoms with van der Waals surface area (Å²) in [5, 5.41) is 3.48. The van der Waals surface area contributed by atoms with E-state index in [-0.39, 0.29) is 0 Å². The summed E-state index contributed by atoms with van der Waals surface area (Å²) in [7, 11) is 0. The summed E-state index contributed by atoms with van der Waals surface area (Å²) in [5.74, 6) is 4.17. The van der Waals surface area contributed by atoms with E-state index in [0.717, 1.165) is 39.9 Å². The molecule has 8 heteroatoms. The monoisotopic (exact) mass is 548 g/mol. The standard InChI is InChI=1S/C34H24N6O2/c35-22-13-16-29-28(18-22)40(26-10-5-2-6-11-26)34-32(41-29)20-24(21-37-34)38-23-14-15-27-31(19-23)42-30-12-7-17-36-33(30)39(27)25-8-3-1-4-9-25/h1-21,38H,35H2. The van der Waals surface area contributed by atoms with E-state index in [1.54, 1.807) is 12.4 Å². The van der Waals surface area contributed by atoms with E-state index in [2.05, 4.69) is 32.2 Å². The number of fused-ring (bicyclic) bond motifs is 4. The minimum Gasteiger partial charge on any atom is -0.451 e. The third-order valence-electron chi connectivity index (χ3n) is 7.19. The highest BCUT2D eigenvalue weighted by Gasteiger charge is 2.29. The molecule has 42 heavy (non-hydrogen) atoms. The topological polar surface area (TPSA) is 88.8 Å². The number of nitrogens with zero attached hydrogens (tertiary/aromatic N) is 4. The number of rotatable bonds is 4. The van der Waals surface area contributed by atoms with Gasteiger partial charge < -0.3 is 20.5 Å². The van der Waals surface area contributed by atoms with Gasteiger partial charge in [-0.15, -0.1) is 0 Å². The molecular weight excluding hydrogens is 524 g/mol. The number of aromatic nitrogens is 2. The number of nitrogens with one attached hydrogen (secondary N) is 1. The fourth-order valence-electron chi connectivity index (χ4n) is 5.34. The Bertz CT molecular complexity index is 1950.